The van der Waals surface area contributed by atoms with E-state index in [1.165, 1.54) is 17.8 Å². The number of halogens is 3. The minimum atomic E-state index is -0.552. The Hall–Kier alpha value is -2.17. The van der Waals surface area contributed by atoms with E-state index in [2.05, 4.69) is 21.2 Å². The van der Waals surface area contributed by atoms with Crippen LogP contribution in [0.1, 0.15) is 5.76 Å². The largest absolute Gasteiger partial charge is 0.449 e. The van der Waals surface area contributed by atoms with Crippen molar-refractivity contribution in [2.24, 2.45) is 0 Å². The Morgan fingerprint density at radius 3 is 2.57 bits per heavy atom. The molecule has 0 radical (unpaired) electrons. The molecular weight excluding hydrogens is 483 g/mol. The van der Waals surface area contributed by atoms with Gasteiger partial charge in [0.2, 0.25) is 0 Å². The van der Waals surface area contributed by atoms with E-state index in [0.717, 1.165) is 4.90 Å². The molecule has 3 rings (SSSR count). The van der Waals surface area contributed by atoms with Gasteiger partial charge in [0, 0.05) is 26.7 Å². The summed E-state index contributed by atoms with van der Waals surface area (Å²) in [4.78, 5) is 13.3. The van der Waals surface area contributed by atoms with Crippen LogP contribution in [-0.2, 0) is 4.79 Å². The van der Waals surface area contributed by atoms with Crippen molar-refractivity contribution in [1.82, 2.24) is 0 Å². The number of nitrogens with one attached hydrogen (secondary N) is 1. The zero-order chi connectivity index (χ0) is 20.1. The van der Waals surface area contributed by atoms with Gasteiger partial charge in [-0.3, -0.25) is 4.79 Å². The van der Waals surface area contributed by atoms with E-state index in [4.69, 9.17) is 27.6 Å². The van der Waals surface area contributed by atoms with Crippen molar-refractivity contribution < 1.29 is 9.21 Å². The molecule has 2 aromatic carbocycles. The highest BCUT2D eigenvalue weighted by atomic mass is 79.9. The molecule has 1 heterocycles. The molecule has 0 aliphatic rings. The molecule has 0 saturated carbocycles. The van der Waals surface area contributed by atoms with Gasteiger partial charge in [-0.1, -0.05) is 41.0 Å². The second kappa shape index (κ2) is 9.35. The second-order valence-electron chi connectivity index (χ2n) is 5.47. The molecule has 0 fully saturated rings. The summed E-state index contributed by atoms with van der Waals surface area (Å²) in [6.45, 7) is 0. The fourth-order valence-electron chi connectivity index (χ4n) is 2.17. The third kappa shape index (κ3) is 5.43. The van der Waals surface area contributed by atoms with Gasteiger partial charge in [-0.05, 0) is 64.5 Å². The highest BCUT2D eigenvalue weighted by molar-refractivity contribution is 9.10. The first-order valence-corrected chi connectivity index (χ1v) is 10.2. The fourth-order valence-corrected chi connectivity index (χ4v) is 3.82. The van der Waals surface area contributed by atoms with Crippen LogP contribution in [0.25, 0.3) is 6.08 Å². The van der Waals surface area contributed by atoms with Crippen LogP contribution in [0.3, 0.4) is 0 Å². The van der Waals surface area contributed by atoms with Gasteiger partial charge in [-0.25, -0.2) is 0 Å². The summed E-state index contributed by atoms with van der Waals surface area (Å²) in [7, 11) is 0. The number of hydrogen-bond donors (Lipinski definition) is 1. The Kier molecular flexibility index (Phi) is 6.87. The number of carbonyl (C=O) groups excluding carboxylic acids is 1. The van der Waals surface area contributed by atoms with Crippen molar-refractivity contribution in [3.63, 3.8) is 0 Å². The third-order valence-corrected chi connectivity index (χ3v) is 5.77. The van der Waals surface area contributed by atoms with Crippen molar-refractivity contribution in [3.8, 4) is 6.07 Å². The molecule has 0 unspecified atom stereocenters. The van der Waals surface area contributed by atoms with Gasteiger partial charge in [0.25, 0.3) is 5.91 Å². The molecule has 140 valence electrons. The van der Waals surface area contributed by atoms with Crippen LogP contribution in [0.4, 0.5) is 5.69 Å². The van der Waals surface area contributed by atoms with Crippen LogP contribution in [0.15, 0.2) is 79.0 Å². The zero-order valence-corrected chi connectivity index (χ0v) is 18.0. The molecule has 3 aromatic rings. The standard InChI is InChI=1S/C20H11BrCl2N2O2S/c21-18-10-16(27-20(18)28-17-6-4-13(22)5-7-17)8-12(11-24)19(26)25-15-3-1-2-14(23)9-15/h1-10H,(H,25,26)/b12-8-. The molecule has 0 spiro atoms. The molecule has 28 heavy (non-hydrogen) atoms. The highest BCUT2D eigenvalue weighted by Crippen LogP contribution is 2.36. The first kappa shape index (κ1) is 20.6. The molecule has 0 bridgehead atoms. The zero-order valence-electron chi connectivity index (χ0n) is 14.1. The lowest BCUT2D eigenvalue weighted by atomic mass is 10.2. The van der Waals surface area contributed by atoms with Gasteiger partial charge in [0.15, 0.2) is 5.09 Å². The van der Waals surface area contributed by atoms with Crippen molar-refractivity contribution in [1.29, 1.82) is 5.26 Å². The molecule has 4 nitrogen and oxygen atoms in total. The van der Waals surface area contributed by atoms with Crippen molar-refractivity contribution in [2.75, 3.05) is 5.32 Å². The molecule has 0 atom stereocenters. The van der Waals surface area contributed by atoms with Crippen molar-refractivity contribution >= 4 is 68.6 Å². The van der Waals surface area contributed by atoms with Crippen LogP contribution >= 0.6 is 50.9 Å². The molecular formula is C20H11BrCl2N2O2S. The minimum absolute atomic E-state index is 0.0933. The fraction of sp³-hybridized carbons (Fsp3) is 0. The Labute approximate surface area is 184 Å². The van der Waals surface area contributed by atoms with E-state index >= 15 is 0 Å². The molecule has 8 heteroatoms. The van der Waals surface area contributed by atoms with E-state index < -0.39 is 5.91 Å². The van der Waals surface area contributed by atoms with Crippen LogP contribution < -0.4 is 5.32 Å². The molecule has 1 aromatic heterocycles. The van der Waals surface area contributed by atoms with Crippen molar-refractivity contribution in [2.45, 2.75) is 9.99 Å². The number of nitrogens with zero attached hydrogens (tertiary/aromatic N) is 1. The molecule has 1 amide bonds. The van der Waals surface area contributed by atoms with Crippen molar-refractivity contribution in [3.05, 3.63) is 80.4 Å². The summed E-state index contributed by atoms with van der Waals surface area (Å²) in [5.74, 6) is -0.176. The van der Waals surface area contributed by atoms with E-state index in [0.29, 0.717) is 31.1 Å². The van der Waals surface area contributed by atoms with Crippen LogP contribution in [0, 0.1) is 11.3 Å². The highest BCUT2D eigenvalue weighted by Gasteiger charge is 2.14. The summed E-state index contributed by atoms with van der Waals surface area (Å²) >= 11 is 16.6. The number of anilines is 1. The Morgan fingerprint density at radius 1 is 1.14 bits per heavy atom. The maximum absolute atomic E-state index is 12.4. The maximum atomic E-state index is 12.4. The topological polar surface area (TPSA) is 66.0 Å². The average molecular weight is 494 g/mol. The maximum Gasteiger partial charge on any atom is 0.266 e. The molecule has 1 N–H and O–H groups in total. The van der Waals surface area contributed by atoms with E-state index in [9.17, 15) is 10.1 Å². The number of furan rings is 1. The number of benzene rings is 2. The predicted octanol–water partition coefficient (Wildman–Crippen LogP) is 7.05. The number of hydrogen-bond acceptors (Lipinski definition) is 4. The lowest BCUT2D eigenvalue weighted by Gasteiger charge is -2.04. The lowest BCUT2D eigenvalue weighted by Crippen LogP contribution is -2.13. The van der Waals surface area contributed by atoms with Crippen LogP contribution in [0.5, 0.6) is 0 Å². The SMILES string of the molecule is N#C/C(=C/c1cc(Br)c(Sc2ccc(Cl)cc2)o1)C(=O)Nc1cccc(Cl)c1. The number of carbonyl (C=O) groups is 1. The smallest absolute Gasteiger partial charge is 0.266 e. The van der Waals surface area contributed by atoms with Gasteiger partial charge in [-0.2, -0.15) is 5.26 Å². The molecule has 0 aliphatic carbocycles. The third-order valence-electron chi connectivity index (χ3n) is 3.43. The molecule has 0 saturated heterocycles. The monoisotopic (exact) mass is 492 g/mol. The summed E-state index contributed by atoms with van der Waals surface area (Å²) in [5, 5.41) is 13.7. The van der Waals surface area contributed by atoms with E-state index in [1.54, 1.807) is 42.5 Å². The summed E-state index contributed by atoms with van der Waals surface area (Å²) in [6, 6.07) is 17.6. The van der Waals surface area contributed by atoms with Crippen LogP contribution in [0.2, 0.25) is 10.0 Å². The first-order valence-electron chi connectivity index (χ1n) is 7.86. The predicted molar refractivity (Wildman–Crippen MR) is 116 cm³/mol. The summed E-state index contributed by atoms with van der Waals surface area (Å²) < 4.78 is 6.47. The number of nitriles is 1. The summed E-state index contributed by atoms with van der Waals surface area (Å²) in [5.41, 5.74) is 0.405. The van der Waals surface area contributed by atoms with E-state index in [1.807, 2.05) is 18.2 Å². The number of amides is 1. The lowest BCUT2D eigenvalue weighted by molar-refractivity contribution is -0.112. The Balaban J connectivity index is 1.78. The second-order valence-corrected chi connectivity index (χ2v) is 8.25. The first-order chi connectivity index (χ1) is 13.4. The van der Waals surface area contributed by atoms with Gasteiger partial charge in [0.05, 0.1) is 4.47 Å². The summed E-state index contributed by atoms with van der Waals surface area (Å²) in [6.07, 6.45) is 1.39. The minimum Gasteiger partial charge on any atom is -0.449 e. The Morgan fingerprint density at radius 2 is 1.89 bits per heavy atom. The van der Waals surface area contributed by atoms with Gasteiger partial charge < -0.3 is 9.73 Å². The molecule has 0 aliphatic heterocycles. The number of rotatable bonds is 5. The van der Waals surface area contributed by atoms with E-state index in [-0.39, 0.29) is 5.57 Å². The van der Waals surface area contributed by atoms with Gasteiger partial charge in [0.1, 0.15) is 17.4 Å². The van der Waals surface area contributed by atoms with Gasteiger partial charge in [-0.15, -0.1) is 0 Å². The quantitative estimate of drug-likeness (QED) is 0.305. The average Bonchev–Trinajstić information content (AvgIpc) is 3.00. The normalized spacial score (nSPS) is 11.1. The van der Waals surface area contributed by atoms with Gasteiger partial charge >= 0.3 is 0 Å². The van der Waals surface area contributed by atoms with Crippen LogP contribution in [-0.4, -0.2) is 5.91 Å². The Bertz CT molecular complexity index is 1090.